The number of carbonyl (C=O) groups excluding carboxylic acids is 1. The van der Waals surface area contributed by atoms with Crippen LogP contribution in [0.2, 0.25) is 0 Å². The summed E-state index contributed by atoms with van der Waals surface area (Å²) in [6, 6.07) is 4.57. The molecule has 0 radical (unpaired) electrons. The highest BCUT2D eigenvalue weighted by molar-refractivity contribution is 7.99. The first-order valence-electron chi connectivity index (χ1n) is 8.27. The van der Waals surface area contributed by atoms with Gasteiger partial charge < -0.3 is 15.2 Å². The average Bonchev–Trinajstić information content (AvgIpc) is 3.02. The van der Waals surface area contributed by atoms with Crippen molar-refractivity contribution in [1.29, 1.82) is 0 Å². The first kappa shape index (κ1) is 18.3. The minimum Gasteiger partial charge on any atom is -0.349 e. The minimum absolute atomic E-state index is 0.0653. The van der Waals surface area contributed by atoms with Gasteiger partial charge in [-0.1, -0.05) is 6.92 Å². The van der Waals surface area contributed by atoms with Crippen molar-refractivity contribution in [3.05, 3.63) is 40.2 Å². The number of hydrogen-bond donors (Lipinski definition) is 2. The van der Waals surface area contributed by atoms with Crippen LogP contribution in [0, 0.1) is 16.0 Å². The van der Waals surface area contributed by atoms with E-state index >= 15 is 0 Å². The van der Waals surface area contributed by atoms with E-state index in [0.29, 0.717) is 16.0 Å². The molecule has 3 rings (SSSR count). The number of rotatable bonds is 5. The summed E-state index contributed by atoms with van der Waals surface area (Å²) in [6.07, 6.45) is 2.37. The zero-order valence-corrected chi connectivity index (χ0v) is 15.3. The van der Waals surface area contributed by atoms with Crippen LogP contribution in [0.5, 0.6) is 0 Å². The maximum absolute atomic E-state index is 12.5. The summed E-state index contributed by atoms with van der Waals surface area (Å²) in [7, 11) is 1.76. The van der Waals surface area contributed by atoms with Gasteiger partial charge >= 0.3 is 0 Å². The fourth-order valence-electron chi connectivity index (χ4n) is 2.83. The van der Waals surface area contributed by atoms with Crippen LogP contribution in [-0.4, -0.2) is 44.7 Å². The van der Waals surface area contributed by atoms with Gasteiger partial charge in [0.1, 0.15) is 6.33 Å². The van der Waals surface area contributed by atoms with Gasteiger partial charge in [-0.2, -0.15) is 0 Å². The van der Waals surface area contributed by atoms with Gasteiger partial charge in [0.25, 0.3) is 11.6 Å². The van der Waals surface area contributed by atoms with E-state index in [2.05, 4.69) is 27.8 Å². The molecule has 0 bridgehead atoms. The number of aryl methyl sites for hydroxylation is 1. The topological polar surface area (TPSA) is 115 Å². The van der Waals surface area contributed by atoms with Gasteiger partial charge in [-0.15, -0.1) is 10.2 Å². The van der Waals surface area contributed by atoms with Crippen LogP contribution < -0.4 is 10.6 Å². The second-order valence-electron chi connectivity index (χ2n) is 6.32. The Kier molecular flexibility index (Phi) is 5.52. The van der Waals surface area contributed by atoms with Crippen LogP contribution in [-0.2, 0) is 7.05 Å². The quantitative estimate of drug-likeness (QED) is 0.601. The smallest absolute Gasteiger partial charge is 0.284 e. The number of carbonyl (C=O) groups is 1. The fraction of sp³-hybridized carbons (Fsp3) is 0.438. The summed E-state index contributed by atoms with van der Waals surface area (Å²) in [4.78, 5) is 23.9. The third-order valence-corrected chi connectivity index (χ3v) is 5.51. The number of hydrogen-bond acceptors (Lipinski definition) is 7. The van der Waals surface area contributed by atoms with Crippen molar-refractivity contribution in [1.82, 2.24) is 25.4 Å². The Morgan fingerprint density at radius 3 is 2.96 bits per heavy atom. The number of amides is 1. The minimum atomic E-state index is -0.483. The summed E-state index contributed by atoms with van der Waals surface area (Å²) < 4.78 is 1.67. The van der Waals surface area contributed by atoms with Crippen molar-refractivity contribution in [2.75, 3.05) is 13.1 Å². The molecular weight excluding hydrogens is 356 g/mol. The van der Waals surface area contributed by atoms with E-state index in [1.54, 1.807) is 23.7 Å². The maximum Gasteiger partial charge on any atom is 0.284 e. The predicted octanol–water partition coefficient (Wildman–Crippen LogP) is 1.60. The highest BCUT2D eigenvalue weighted by Gasteiger charge is 2.25. The lowest BCUT2D eigenvalue weighted by Gasteiger charge is -2.30. The molecule has 2 atom stereocenters. The van der Waals surface area contributed by atoms with Gasteiger partial charge in [0, 0.05) is 24.7 Å². The molecule has 1 fully saturated rings. The van der Waals surface area contributed by atoms with Crippen molar-refractivity contribution in [2.24, 2.45) is 13.0 Å². The summed E-state index contributed by atoms with van der Waals surface area (Å²) in [5.74, 6) is 0.0236. The van der Waals surface area contributed by atoms with Crippen molar-refractivity contribution in [2.45, 2.75) is 29.4 Å². The van der Waals surface area contributed by atoms with Crippen molar-refractivity contribution in [3.63, 3.8) is 0 Å². The zero-order chi connectivity index (χ0) is 18.7. The zero-order valence-electron chi connectivity index (χ0n) is 14.5. The highest BCUT2D eigenvalue weighted by atomic mass is 32.2. The number of aromatic nitrogens is 3. The molecule has 2 unspecified atom stereocenters. The molecule has 1 aliphatic rings. The molecule has 1 saturated heterocycles. The van der Waals surface area contributed by atoms with Gasteiger partial charge in [-0.05, 0) is 49.3 Å². The monoisotopic (exact) mass is 376 g/mol. The molecule has 0 spiro atoms. The normalized spacial score (nSPS) is 19.9. The van der Waals surface area contributed by atoms with E-state index in [-0.39, 0.29) is 23.2 Å². The van der Waals surface area contributed by atoms with E-state index in [9.17, 15) is 14.9 Å². The van der Waals surface area contributed by atoms with E-state index in [1.807, 2.05) is 0 Å². The summed E-state index contributed by atoms with van der Waals surface area (Å²) in [5, 5.41) is 26.0. The third kappa shape index (κ3) is 4.02. The summed E-state index contributed by atoms with van der Waals surface area (Å²) in [5.41, 5.74) is 0.161. The van der Waals surface area contributed by atoms with Gasteiger partial charge in [0.15, 0.2) is 5.16 Å². The summed E-state index contributed by atoms with van der Waals surface area (Å²) in [6.45, 7) is 3.77. The molecule has 1 aromatic carbocycles. The molecule has 2 aromatic rings. The van der Waals surface area contributed by atoms with E-state index in [4.69, 9.17) is 0 Å². The first-order valence-corrected chi connectivity index (χ1v) is 9.09. The maximum atomic E-state index is 12.5. The molecule has 10 heteroatoms. The molecule has 2 heterocycles. The molecule has 1 amide bonds. The number of nitrogens with zero attached hydrogens (tertiary/aromatic N) is 4. The van der Waals surface area contributed by atoms with Crippen molar-refractivity contribution in [3.8, 4) is 0 Å². The van der Waals surface area contributed by atoms with Gasteiger partial charge in [-0.3, -0.25) is 14.9 Å². The molecule has 0 aliphatic carbocycles. The van der Waals surface area contributed by atoms with Crippen molar-refractivity contribution < 1.29 is 9.72 Å². The molecular formula is C16H20N6O3S. The molecule has 0 saturated carbocycles. The Morgan fingerprint density at radius 2 is 2.31 bits per heavy atom. The number of benzene rings is 1. The standard InChI is InChI=1S/C16H20N6O3S/c1-10-8-17-6-5-12(10)19-15(23)11-3-4-14(13(7-11)22(24)25)26-16-20-18-9-21(16)2/h3-4,7,9-10,12,17H,5-6,8H2,1-2H3,(H,19,23). The Labute approximate surface area is 154 Å². The molecule has 9 nitrogen and oxygen atoms in total. The molecule has 1 aromatic heterocycles. The molecule has 138 valence electrons. The summed E-state index contributed by atoms with van der Waals surface area (Å²) >= 11 is 1.14. The van der Waals surface area contributed by atoms with E-state index < -0.39 is 4.92 Å². The molecule has 2 N–H and O–H groups in total. The Balaban J connectivity index is 1.80. The van der Waals surface area contributed by atoms with Crippen LogP contribution in [0.15, 0.2) is 34.6 Å². The third-order valence-electron chi connectivity index (χ3n) is 4.39. The van der Waals surface area contributed by atoms with Crippen LogP contribution in [0.3, 0.4) is 0 Å². The lowest BCUT2D eigenvalue weighted by molar-refractivity contribution is -0.387. The van der Waals surface area contributed by atoms with Gasteiger partial charge in [-0.25, -0.2) is 0 Å². The van der Waals surface area contributed by atoms with E-state index in [0.717, 1.165) is 31.3 Å². The van der Waals surface area contributed by atoms with Crippen LogP contribution in [0.1, 0.15) is 23.7 Å². The lowest BCUT2D eigenvalue weighted by Crippen LogP contribution is -2.48. The molecule has 26 heavy (non-hydrogen) atoms. The second kappa shape index (κ2) is 7.83. The van der Waals surface area contributed by atoms with E-state index in [1.165, 1.54) is 12.4 Å². The second-order valence-corrected chi connectivity index (χ2v) is 7.33. The predicted molar refractivity (Wildman–Crippen MR) is 96.1 cm³/mol. The van der Waals surface area contributed by atoms with Crippen LogP contribution >= 0.6 is 11.8 Å². The largest absolute Gasteiger partial charge is 0.349 e. The average molecular weight is 376 g/mol. The van der Waals surface area contributed by atoms with Gasteiger partial charge in [0.2, 0.25) is 0 Å². The lowest BCUT2D eigenvalue weighted by atomic mass is 9.95. The number of nitro benzene ring substituents is 1. The number of nitro groups is 1. The number of nitrogens with one attached hydrogen (secondary N) is 2. The molecule has 1 aliphatic heterocycles. The Bertz CT molecular complexity index is 824. The van der Waals surface area contributed by atoms with Crippen LogP contribution in [0.4, 0.5) is 5.69 Å². The van der Waals surface area contributed by atoms with Gasteiger partial charge in [0.05, 0.1) is 9.82 Å². The Hall–Kier alpha value is -2.46. The van der Waals surface area contributed by atoms with Crippen LogP contribution in [0.25, 0.3) is 0 Å². The highest BCUT2D eigenvalue weighted by Crippen LogP contribution is 2.34. The number of piperidine rings is 1. The Morgan fingerprint density at radius 1 is 1.50 bits per heavy atom. The SMILES string of the molecule is CC1CNCCC1NC(=O)c1ccc(Sc2nncn2C)c([N+](=O)[O-])c1. The first-order chi connectivity index (χ1) is 12.5. The van der Waals surface area contributed by atoms with Crippen molar-refractivity contribution >= 4 is 23.4 Å². The fourth-order valence-corrected chi connectivity index (χ4v) is 3.68.